The highest BCUT2D eigenvalue weighted by Gasteiger charge is 2.20. The number of nitrogens with two attached hydrogens (primary N) is 1. The molecule has 88 valence electrons. The van der Waals surface area contributed by atoms with Crippen LogP contribution < -0.4 is 5.73 Å². The topological polar surface area (TPSA) is 69.8 Å². The molecule has 0 unspecified atom stereocenters. The van der Waals surface area contributed by atoms with Gasteiger partial charge in [-0.05, 0) is 19.9 Å². The first-order chi connectivity index (χ1) is 7.13. The number of piperidine rings is 1. The molecule has 5 heteroatoms. The number of amides is 1. The van der Waals surface area contributed by atoms with Crippen molar-refractivity contribution in [2.24, 2.45) is 5.73 Å². The van der Waals surface area contributed by atoms with Gasteiger partial charge >= 0.3 is 0 Å². The number of likely N-dealkylation sites (N-methyl/N-ethyl adjacent to an activating group) is 1. The van der Waals surface area contributed by atoms with E-state index in [0.29, 0.717) is 13.1 Å². The molecule has 3 N–H and O–H groups in total. The van der Waals surface area contributed by atoms with Gasteiger partial charge < -0.3 is 15.7 Å². The lowest BCUT2D eigenvalue weighted by atomic mass is 10.1. The molecule has 1 heterocycles. The van der Waals surface area contributed by atoms with Crippen LogP contribution in [0.2, 0.25) is 0 Å². The Kier molecular flexibility index (Phi) is 5.01. The predicted molar refractivity (Wildman–Crippen MR) is 58.4 cm³/mol. The smallest absolute Gasteiger partial charge is 0.236 e. The van der Waals surface area contributed by atoms with Crippen LogP contribution >= 0.6 is 0 Å². The van der Waals surface area contributed by atoms with Gasteiger partial charge in [0, 0.05) is 25.7 Å². The molecule has 5 nitrogen and oxygen atoms in total. The summed E-state index contributed by atoms with van der Waals surface area (Å²) < 4.78 is 0. The van der Waals surface area contributed by atoms with Crippen LogP contribution in [0.4, 0.5) is 0 Å². The Bertz CT molecular complexity index is 203. The van der Waals surface area contributed by atoms with E-state index < -0.39 is 0 Å². The van der Waals surface area contributed by atoms with Crippen molar-refractivity contribution < 1.29 is 9.90 Å². The molecule has 1 fully saturated rings. The van der Waals surface area contributed by atoms with E-state index in [9.17, 15) is 4.79 Å². The highest BCUT2D eigenvalue weighted by molar-refractivity contribution is 5.78. The fourth-order valence-electron chi connectivity index (χ4n) is 1.73. The summed E-state index contributed by atoms with van der Waals surface area (Å²) in [6, 6.07) is 0.254. The summed E-state index contributed by atoms with van der Waals surface area (Å²) in [7, 11) is 1.84. The Morgan fingerprint density at radius 1 is 1.53 bits per heavy atom. The lowest BCUT2D eigenvalue weighted by Gasteiger charge is -2.31. The van der Waals surface area contributed by atoms with Crippen LogP contribution in [0.1, 0.15) is 12.8 Å². The number of hydrogen-bond donors (Lipinski definition) is 2. The molecule has 0 radical (unpaired) electrons. The van der Waals surface area contributed by atoms with Crippen molar-refractivity contribution >= 4 is 5.91 Å². The van der Waals surface area contributed by atoms with Gasteiger partial charge in [0.05, 0.1) is 13.2 Å². The zero-order chi connectivity index (χ0) is 11.3. The largest absolute Gasteiger partial charge is 0.395 e. The average Bonchev–Trinajstić information content (AvgIpc) is 2.18. The van der Waals surface area contributed by atoms with Gasteiger partial charge in [-0.3, -0.25) is 9.69 Å². The molecule has 0 aromatic heterocycles. The molecule has 0 aromatic rings. The fraction of sp³-hybridized carbons (Fsp3) is 0.900. The van der Waals surface area contributed by atoms with Gasteiger partial charge in [-0.1, -0.05) is 0 Å². The summed E-state index contributed by atoms with van der Waals surface area (Å²) >= 11 is 0. The minimum Gasteiger partial charge on any atom is -0.395 e. The Balaban J connectivity index is 2.27. The monoisotopic (exact) mass is 215 g/mol. The van der Waals surface area contributed by atoms with Crippen LogP contribution in [0, 0.1) is 0 Å². The second-order valence-electron chi connectivity index (χ2n) is 4.18. The van der Waals surface area contributed by atoms with Crippen molar-refractivity contribution in [1.29, 1.82) is 0 Å². The van der Waals surface area contributed by atoms with Crippen molar-refractivity contribution in [3.05, 3.63) is 0 Å². The molecule has 0 aliphatic carbocycles. The van der Waals surface area contributed by atoms with E-state index in [0.717, 1.165) is 25.9 Å². The SMILES string of the molecule is CN(CCO)CC(=O)N1CCC(N)CC1. The Hall–Kier alpha value is -0.650. The molecule has 1 amide bonds. The number of likely N-dealkylation sites (tertiary alicyclic amines) is 1. The zero-order valence-corrected chi connectivity index (χ0v) is 9.35. The normalized spacial score (nSPS) is 18.5. The molecule has 0 aromatic carbocycles. The van der Waals surface area contributed by atoms with E-state index in [-0.39, 0.29) is 18.6 Å². The van der Waals surface area contributed by atoms with Gasteiger partial charge in [-0.15, -0.1) is 0 Å². The van der Waals surface area contributed by atoms with E-state index in [1.807, 2.05) is 16.8 Å². The quantitative estimate of drug-likeness (QED) is 0.622. The van der Waals surface area contributed by atoms with Crippen molar-refractivity contribution in [2.45, 2.75) is 18.9 Å². The molecule has 0 saturated carbocycles. The third kappa shape index (κ3) is 4.15. The highest BCUT2D eigenvalue weighted by Crippen LogP contribution is 2.08. The number of hydrogen-bond acceptors (Lipinski definition) is 4. The molecular formula is C10H21N3O2. The number of carbonyl (C=O) groups is 1. The van der Waals surface area contributed by atoms with Crippen molar-refractivity contribution in [3.63, 3.8) is 0 Å². The van der Waals surface area contributed by atoms with Crippen LogP contribution in [0.15, 0.2) is 0 Å². The van der Waals surface area contributed by atoms with Gasteiger partial charge in [0.2, 0.25) is 5.91 Å². The first kappa shape index (κ1) is 12.4. The molecular weight excluding hydrogens is 194 g/mol. The van der Waals surface area contributed by atoms with E-state index >= 15 is 0 Å². The van der Waals surface area contributed by atoms with E-state index in [2.05, 4.69) is 0 Å². The van der Waals surface area contributed by atoms with Crippen LogP contribution in [-0.4, -0.2) is 66.7 Å². The predicted octanol–water partition coefficient (Wildman–Crippen LogP) is -1.14. The lowest BCUT2D eigenvalue weighted by Crippen LogP contribution is -2.46. The van der Waals surface area contributed by atoms with E-state index in [1.54, 1.807) is 0 Å². The summed E-state index contributed by atoms with van der Waals surface area (Å²) in [6.45, 7) is 2.56. The number of aliphatic hydroxyl groups is 1. The molecule has 0 bridgehead atoms. The number of carbonyl (C=O) groups excluding carboxylic acids is 1. The maximum atomic E-state index is 11.8. The van der Waals surface area contributed by atoms with Gasteiger partial charge in [-0.2, -0.15) is 0 Å². The number of aliphatic hydroxyl groups excluding tert-OH is 1. The first-order valence-electron chi connectivity index (χ1n) is 5.46. The van der Waals surface area contributed by atoms with Crippen LogP contribution in [0.3, 0.4) is 0 Å². The summed E-state index contributed by atoms with van der Waals surface area (Å²) in [5, 5.41) is 8.71. The fourth-order valence-corrected chi connectivity index (χ4v) is 1.73. The summed E-state index contributed by atoms with van der Waals surface area (Å²) in [5.74, 6) is 0.137. The third-order valence-electron chi connectivity index (χ3n) is 2.78. The highest BCUT2D eigenvalue weighted by atomic mass is 16.3. The van der Waals surface area contributed by atoms with Crippen LogP contribution in [0.5, 0.6) is 0 Å². The Morgan fingerprint density at radius 3 is 2.67 bits per heavy atom. The molecule has 0 spiro atoms. The molecule has 1 aliphatic heterocycles. The summed E-state index contributed by atoms with van der Waals surface area (Å²) in [6.07, 6.45) is 1.80. The summed E-state index contributed by atoms with van der Waals surface area (Å²) in [4.78, 5) is 15.4. The first-order valence-corrected chi connectivity index (χ1v) is 5.46. The van der Waals surface area contributed by atoms with Crippen LogP contribution in [-0.2, 0) is 4.79 Å². The lowest BCUT2D eigenvalue weighted by molar-refractivity contribution is -0.133. The Morgan fingerprint density at radius 2 is 2.13 bits per heavy atom. The molecule has 0 atom stereocenters. The molecule has 1 rings (SSSR count). The minimum atomic E-state index is 0.0919. The van der Waals surface area contributed by atoms with Gasteiger partial charge in [0.25, 0.3) is 0 Å². The molecule has 1 aliphatic rings. The average molecular weight is 215 g/mol. The van der Waals surface area contributed by atoms with Crippen molar-refractivity contribution in [3.8, 4) is 0 Å². The van der Waals surface area contributed by atoms with Crippen molar-refractivity contribution in [1.82, 2.24) is 9.80 Å². The van der Waals surface area contributed by atoms with Gasteiger partial charge in [-0.25, -0.2) is 0 Å². The summed E-state index contributed by atoms with van der Waals surface area (Å²) in [5.41, 5.74) is 5.76. The van der Waals surface area contributed by atoms with Crippen LogP contribution in [0.25, 0.3) is 0 Å². The Labute approximate surface area is 90.8 Å². The third-order valence-corrected chi connectivity index (χ3v) is 2.78. The second-order valence-corrected chi connectivity index (χ2v) is 4.18. The number of nitrogens with zero attached hydrogens (tertiary/aromatic N) is 2. The van der Waals surface area contributed by atoms with Gasteiger partial charge in [0.15, 0.2) is 0 Å². The maximum absolute atomic E-state index is 11.8. The van der Waals surface area contributed by atoms with E-state index in [4.69, 9.17) is 10.8 Å². The molecule has 1 saturated heterocycles. The second kappa shape index (κ2) is 6.05. The van der Waals surface area contributed by atoms with Gasteiger partial charge in [0.1, 0.15) is 0 Å². The maximum Gasteiger partial charge on any atom is 0.236 e. The standard InChI is InChI=1S/C10H21N3O2/c1-12(6-7-14)8-10(15)13-4-2-9(11)3-5-13/h9,14H,2-8,11H2,1H3. The number of rotatable bonds is 4. The minimum absolute atomic E-state index is 0.0919. The zero-order valence-electron chi connectivity index (χ0n) is 9.35. The molecule has 15 heavy (non-hydrogen) atoms. The van der Waals surface area contributed by atoms with Crippen molar-refractivity contribution in [2.75, 3.05) is 39.8 Å². The van der Waals surface area contributed by atoms with E-state index in [1.165, 1.54) is 0 Å².